The van der Waals surface area contributed by atoms with Crippen LogP contribution < -0.4 is 15.8 Å². The quantitative estimate of drug-likeness (QED) is 0.458. The Balaban J connectivity index is 1.88. The predicted molar refractivity (Wildman–Crippen MR) is 128 cm³/mol. The lowest BCUT2D eigenvalue weighted by atomic mass is 9.92. The van der Waals surface area contributed by atoms with Gasteiger partial charge in [0.25, 0.3) is 0 Å². The number of amides is 2. The monoisotopic (exact) mass is 440 g/mol. The van der Waals surface area contributed by atoms with E-state index in [-0.39, 0.29) is 0 Å². The van der Waals surface area contributed by atoms with Gasteiger partial charge in [-0.15, -0.1) is 0 Å². The van der Waals surface area contributed by atoms with E-state index < -0.39 is 6.03 Å². The van der Waals surface area contributed by atoms with Crippen molar-refractivity contribution in [1.82, 2.24) is 19.6 Å². The van der Waals surface area contributed by atoms with Crippen LogP contribution in [0.25, 0.3) is 33.6 Å². The number of urea groups is 1. The molecule has 0 fully saturated rings. The Hall–Kier alpha value is -4.20. The molecule has 0 aliphatic heterocycles. The van der Waals surface area contributed by atoms with Gasteiger partial charge in [0.1, 0.15) is 11.5 Å². The van der Waals surface area contributed by atoms with E-state index in [0.717, 1.165) is 41.6 Å². The Bertz CT molecular complexity index is 1350. The number of nitrogens with one attached hydrogen (secondary N) is 1. The number of carbonyl (C=O) groups excluding carboxylic acids is 1. The molecule has 0 spiro atoms. The van der Waals surface area contributed by atoms with E-state index in [1.54, 1.807) is 24.0 Å². The number of nitrogens with zero attached hydrogens (tertiary/aromatic N) is 4. The first-order chi connectivity index (χ1) is 16.2. The van der Waals surface area contributed by atoms with Crippen molar-refractivity contribution in [2.75, 3.05) is 12.4 Å². The van der Waals surface area contributed by atoms with Gasteiger partial charge in [-0.2, -0.15) is 9.61 Å². The molecule has 3 heterocycles. The van der Waals surface area contributed by atoms with E-state index in [1.807, 2.05) is 42.5 Å². The number of allylic oxidation sites excluding steroid dienone is 2. The van der Waals surface area contributed by atoms with Gasteiger partial charge in [-0.05, 0) is 37.3 Å². The number of anilines is 1. The van der Waals surface area contributed by atoms with Crippen LogP contribution >= 0.6 is 0 Å². The van der Waals surface area contributed by atoms with E-state index >= 15 is 0 Å². The van der Waals surface area contributed by atoms with Crippen molar-refractivity contribution in [1.29, 1.82) is 0 Å². The number of nitrogens with two attached hydrogens (primary N) is 1. The van der Waals surface area contributed by atoms with Crippen LogP contribution in [0, 0.1) is 0 Å². The average molecular weight is 441 g/mol. The fourth-order valence-electron chi connectivity index (χ4n) is 4.35. The number of benzene rings is 1. The van der Waals surface area contributed by atoms with Gasteiger partial charge < -0.3 is 10.5 Å². The molecule has 166 valence electrons. The maximum atomic E-state index is 11.9. The first-order valence-corrected chi connectivity index (χ1v) is 10.9. The lowest BCUT2D eigenvalue weighted by molar-refractivity contribution is 0.259. The predicted octanol–water partition coefficient (Wildman–Crippen LogP) is 4.91. The molecule has 3 aromatic heterocycles. The number of methoxy groups -OCH3 is 1. The molecule has 0 atom stereocenters. The van der Waals surface area contributed by atoms with Crippen LogP contribution in [0.4, 0.5) is 10.6 Å². The zero-order valence-corrected chi connectivity index (χ0v) is 18.3. The molecular formula is C25H24N6O2. The molecule has 0 unspecified atom stereocenters. The number of carbonyl (C=O) groups is 1. The summed E-state index contributed by atoms with van der Waals surface area (Å²) < 4.78 is 7.56. The highest BCUT2D eigenvalue weighted by Crippen LogP contribution is 2.42. The molecule has 2 amide bonds. The lowest BCUT2D eigenvalue weighted by Gasteiger charge is -2.16. The van der Waals surface area contributed by atoms with Crippen LogP contribution in [0.2, 0.25) is 0 Å². The smallest absolute Gasteiger partial charge is 0.317 e. The first-order valence-electron chi connectivity index (χ1n) is 10.9. The summed E-state index contributed by atoms with van der Waals surface area (Å²) in [7, 11) is 1.58. The van der Waals surface area contributed by atoms with Crippen molar-refractivity contribution in [3.63, 3.8) is 0 Å². The van der Waals surface area contributed by atoms with Crippen LogP contribution in [0.15, 0.2) is 60.9 Å². The number of primary amides is 1. The number of pyridine rings is 1. The maximum absolute atomic E-state index is 11.9. The lowest BCUT2D eigenvalue weighted by Crippen LogP contribution is -2.21. The highest BCUT2D eigenvalue weighted by atomic mass is 16.5. The van der Waals surface area contributed by atoms with Crippen molar-refractivity contribution >= 4 is 23.1 Å². The second kappa shape index (κ2) is 8.74. The summed E-state index contributed by atoms with van der Waals surface area (Å²) in [6.07, 6.45) is 9.85. The van der Waals surface area contributed by atoms with E-state index in [1.165, 1.54) is 12.0 Å². The molecule has 33 heavy (non-hydrogen) atoms. The number of ether oxygens (including phenoxy) is 1. The van der Waals surface area contributed by atoms with Gasteiger partial charge >= 0.3 is 6.03 Å². The Kier molecular flexibility index (Phi) is 5.48. The molecule has 0 saturated carbocycles. The fraction of sp³-hybridized carbons (Fsp3) is 0.200. The van der Waals surface area contributed by atoms with E-state index in [0.29, 0.717) is 22.9 Å². The molecule has 8 nitrogen and oxygen atoms in total. The second-order valence-corrected chi connectivity index (χ2v) is 7.88. The topological polar surface area (TPSA) is 107 Å². The Morgan fingerprint density at radius 3 is 2.58 bits per heavy atom. The molecule has 8 heteroatoms. The molecule has 1 aliphatic rings. The van der Waals surface area contributed by atoms with Gasteiger partial charge in [0.15, 0.2) is 5.65 Å². The van der Waals surface area contributed by atoms with Crippen LogP contribution in [-0.2, 0) is 0 Å². The van der Waals surface area contributed by atoms with Gasteiger partial charge in [-0.25, -0.2) is 9.78 Å². The molecular weight excluding hydrogens is 416 g/mol. The third kappa shape index (κ3) is 3.80. The summed E-state index contributed by atoms with van der Waals surface area (Å²) in [4.78, 5) is 21.0. The van der Waals surface area contributed by atoms with Gasteiger partial charge in [-0.3, -0.25) is 10.3 Å². The molecule has 0 saturated heterocycles. The van der Waals surface area contributed by atoms with Crippen molar-refractivity contribution in [2.45, 2.75) is 25.7 Å². The number of hydrogen-bond donors (Lipinski definition) is 2. The maximum Gasteiger partial charge on any atom is 0.317 e. The van der Waals surface area contributed by atoms with Crippen molar-refractivity contribution in [2.24, 2.45) is 5.73 Å². The van der Waals surface area contributed by atoms with Crippen molar-refractivity contribution < 1.29 is 9.53 Å². The number of hydrogen-bond acceptors (Lipinski definition) is 5. The molecule has 0 radical (unpaired) electrons. The largest absolute Gasteiger partial charge is 0.480 e. The molecule has 0 bridgehead atoms. The van der Waals surface area contributed by atoms with Crippen molar-refractivity contribution in [3.8, 4) is 28.3 Å². The summed E-state index contributed by atoms with van der Waals surface area (Å²) in [6.45, 7) is 0. The summed E-state index contributed by atoms with van der Waals surface area (Å²) in [5.74, 6) is 0.744. The summed E-state index contributed by atoms with van der Waals surface area (Å²) >= 11 is 0. The van der Waals surface area contributed by atoms with E-state index in [9.17, 15) is 4.79 Å². The van der Waals surface area contributed by atoms with Crippen LogP contribution in [0.5, 0.6) is 5.88 Å². The number of fused-ring (bicyclic) bond motifs is 1. The molecule has 4 aromatic rings. The molecule has 1 aromatic carbocycles. The first kappa shape index (κ1) is 20.7. The summed E-state index contributed by atoms with van der Waals surface area (Å²) in [6, 6.07) is 13.0. The van der Waals surface area contributed by atoms with Crippen LogP contribution in [0.3, 0.4) is 0 Å². The van der Waals surface area contributed by atoms with E-state index in [2.05, 4.69) is 16.4 Å². The minimum absolute atomic E-state index is 0.303. The van der Waals surface area contributed by atoms with Gasteiger partial charge in [0, 0.05) is 23.5 Å². The van der Waals surface area contributed by atoms with Crippen LogP contribution in [0.1, 0.15) is 31.2 Å². The molecule has 5 rings (SSSR count). The normalized spacial score (nSPS) is 13.5. The minimum Gasteiger partial charge on any atom is -0.480 e. The second-order valence-electron chi connectivity index (χ2n) is 7.88. The SMILES string of the molecule is COc1c(-c2cccnc2)c(NC(N)=O)nc2c(C3=CCCCC3)c(-c3ccccc3)nn12. The molecule has 1 aliphatic carbocycles. The summed E-state index contributed by atoms with van der Waals surface area (Å²) in [5.41, 5.74) is 11.3. The van der Waals surface area contributed by atoms with Gasteiger partial charge in [0.2, 0.25) is 5.88 Å². The zero-order chi connectivity index (χ0) is 22.8. The van der Waals surface area contributed by atoms with E-state index in [4.69, 9.17) is 20.6 Å². The highest BCUT2D eigenvalue weighted by Gasteiger charge is 2.27. The Morgan fingerprint density at radius 2 is 1.91 bits per heavy atom. The minimum atomic E-state index is -0.708. The number of rotatable bonds is 5. The van der Waals surface area contributed by atoms with Crippen LogP contribution in [-0.4, -0.2) is 32.7 Å². The third-order valence-electron chi connectivity index (χ3n) is 5.77. The standard InChI is InChI=1S/C25H24N6O2/c1-33-24-20(18-13-8-14-27-15-18)22(29-25(26)32)28-23-19(16-9-4-2-5-10-16)21(30-31(23)24)17-11-6-3-7-12-17/h3,6-9,11-15H,2,4-5,10H2,1H3,(H3,26,28,29,32). The zero-order valence-electron chi connectivity index (χ0n) is 18.3. The molecule has 3 N–H and O–H groups in total. The Morgan fingerprint density at radius 1 is 1.09 bits per heavy atom. The Labute approximate surface area is 191 Å². The average Bonchev–Trinajstić information content (AvgIpc) is 3.23. The number of aromatic nitrogens is 4. The third-order valence-corrected chi connectivity index (χ3v) is 5.77. The van der Waals surface area contributed by atoms with Crippen molar-refractivity contribution in [3.05, 3.63) is 66.5 Å². The van der Waals surface area contributed by atoms with Gasteiger partial charge in [0.05, 0.1) is 18.2 Å². The summed E-state index contributed by atoms with van der Waals surface area (Å²) in [5, 5.41) is 7.64. The fourth-order valence-corrected chi connectivity index (χ4v) is 4.35. The van der Waals surface area contributed by atoms with Gasteiger partial charge in [-0.1, -0.05) is 42.5 Å². The highest BCUT2D eigenvalue weighted by molar-refractivity contribution is 5.96.